The van der Waals surface area contributed by atoms with Gasteiger partial charge in [0.25, 0.3) is 5.91 Å². The molecular weight excluding hydrogens is 539 g/mol. The van der Waals surface area contributed by atoms with Crippen LogP contribution in [-0.4, -0.2) is 51.6 Å². The van der Waals surface area contributed by atoms with Crippen LogP contribution in [0.2, 0.25) is 5.02 Å². The van der Waals surface area contributed by atoms with Crippen LogP contribution in [0.15, 0.2) is 91.1 Å². The summed E-state index contributed by atoms with van der Waals surface area (Å²) in [6.07, 6.45) is -2.84. The molecule has 0 aliphatic carbocycles. The zero-order valence-corrected chi connectivity index (χ0v) is 21.9. The Labute approximate surface area is 233 Å². The number of amides is 1. The topological polar surface area (TPSA) is 53.7 Å². The van der Waals surface area contributed by atoms with Gasteiger partial charge in [-0.1, -0.05) is 66.2 Å². The summed E-state index contributed by atoms with van der Waals surface area (Å²) in [5, 5.41) is 5.34. The smallest absolute Gasteiger partial charge is 0.368 e. The van der Waals surface area contributed by atoms with Crippen LogP contribution in [0.5, 0.6) is 0 Å². The lowest BCUT2D eigenvalue weighted by molar-refractivity contribution is -0.137. The van der Waals surface area contributed by atoms with Crippen LogP contribution in [0.4, 0.5) is 18.9 Å². The van der Waals surface area contributed by atoms with E-state index in [0.29, 0.717) is 59.5 Å². The lowest BCUT2D eigenvalue weighted by Crippen LogP contribution is -2.49. The van der Waals surface area contributed by atoms with Gasteiger partial charge in [0, 0.05) is 55.3 Å². The Morgan fingerprint density at radius 1 is 0.850 bits per heavy atom. The number of alkyl halides is 3. The lowest BCUT2D eigenvalue weighted by atomic mass is 10.1. The highest BCUT2D eigenvalue weighted by Gasteiger charge is 2.32. The van der Waals surface area contributed by atoms with Crippen LogP contribution < -0.4 is 4.90 Å². The summed E-state index contributed by atoms with van der Waals surface area (Å²) in [4.78, 5) is 22.0. The van der Waals surface area contributed by atoms with E-state index in [-0.39, 0.29) is 5.91 Å². The fourth-order valence-electron chi connectivity index (χ4n) is 4.98. The zero-order chi connectivity index (χ0) is 27.9. The number of benzene rings is 3. The van der Waals surface area contributed by atoms with Gasteiger partial charge in [0.05, 0.1) is 27.5 Å². The van der Waals surface area contributed by atoms with Gasteiger partial charge in [-0.25, -0.2) is 9.50 Å². The van der Waals surface area contributed by atoms with Crippen LogP contribution in [0, 0.1) is 0 Å². The Morgan fingerprint density at radius 2 is 1.57 bits per heavy atom. The highest BCUT2D eigenvalue weighted by Crippen LogP contribution is 2.33. The summed E-state index contributed by atoms with van der Waals surface area (Å²) in [5.74, 6) is -0.216. The van der Waals surface area contributed by atoms with Crippen molar-refractivity contribution in [3.63, 3.8) is 0 Å². The van der Waals surface area contributed by atoms with Gasteiger partial charge < -0.3 is 9.80 Å². The number of aromatic nitrogens is 3. The predicted octanol–water partition coefficient (Wildman–Crippen LogP) is 6.70. The number of halogens is 4. The van der Waals surface area contributed by atoms with E-state index in [4.69, 9.17) is 16.7 Å². The molecule has 40 heavy (non-hydrogen) atoms. The molecule has 0 spiro atoms. The Hall–Kier alpha value is -4.37. The molecule has 0 radical (unpaired) electrons. The normalized spacial score (nSPS) is 14.1. The number of fused-ring (bicyclic) bond motifs is 1. The molecule has 1 saturated heterocycles. The number of rotatable bonds is 4. The maximum atomic E-state index is 13.9. The molecule has 3 heterocycles. The second-order valence-corrected chi connectivity index (χ2v) is 9.90. The number of carbonyl (C=O) groups is 1. The second kappa shape index (κ2) is 10.3. The van der Waals surface area contributed by atoms with Crippen LogP contribution >= 0.6 is 11.6 Å². The first-order chi connectivity index (χ1) is 19.3. The van der Waals surface area contributed by atoms with Crippen LogP contribution in [0.1, 0.15) is 15.9 Å². The first-order valence-electron chi connectivity index (χ1n) is 12.7. The largest absolute Gasteiger partial charge is 0.416 e. The highest BCUT2D eigenvalue weighted by molar-refractivity contribution is 6.33. The molecule has 0 bridgehead atoms. The standard InChI is InChI=1S/C30H23ClF3N5O/c31-25-12-5-4-11-23(25)26-18-27-35-19-24(28(39(27)36-26)20-7-2-1-3-8-20)29(40)38-15-13-37(14-16-38)22-10-6-9-21(17-22)30(32,33)34/h1-12,17-19H,13-16H2. The summed E-state index contributed by atoms with van der Waals surface area (Å²) in [7, 11) is 0. The fourth-order valence-corrected chi connectivity index (χ4v) is 5.21. The predicted molar refractivity (Wildman–Crippen MR) is 148 cm³/mol. The third-order valence-electron chi connectivity index (χ3n) is 7.02. The minimum Gasteiger partial charge on any atom is -0.368 e. The molecule has 1 aliphatic rings. The van der Waals surface area contributed by atoms with Crippen molar-refractivity contribution in [1.29, 1.82) is 0 Å². The molecule has 5 aromatic rings. The van der Waals surface area contributed by atoms with Crippen molar-refractivity contribution in [2.75, 3.05) is 31.1 Å². The molecule has 0 saturated carbocycles. The summed E-state index contributed by atoms with van der Waals surface area (Å²) in [5.41, 5.74) is 3.55. The summed E-state index contributed by atoms with van der Waals surface area (Å²) < 4.78 is 41.3. The monoisotopic (exact) mass is 561 g/mol. The Balaban J connectivity index is 1.32. The van der Waals surface area contributed by atoms with Crippen molar-refractivity contribution in [1.82, 2.24) is 19.5 Å². The van der Waals surface area contributed by atoms with E-state index in [0.717, 1.165) is 23.3 Å². The lowest BCUT2D eigenvalue weighted by Gasteiger charge is -2.36. The molecule has 3 aromatic carbocycles. The van der Waals surface area contributed by atoms with Gasteiger partial charge in [-0.2, -0.15) is 18.3 Å². The molecule has 0 N–H and O–H groups in total. The molecule has 10 heteroatoms. The van der Waals surface area contributed by atoms with Crippen molar-refractivity contribution >= 4 is 28.8 Å². The number of hydrogen-bond donors (Lipinski definition) is 0. The molecule has 6 rings (SSSR count). The molecular formula is C30H23ClF3N5O. The van der Waals surface area contributed by atoms with E-state index in [1.807, 2.05) is 59.5 Å². The van der Waals surface area contributed by atoms with Gasteiger partial charge in [-0.15, -0.1) is 0 Å². The minimum atomic E-state index is -4.41. The Bertz CT molecular complexity index is 1700. The molecule has 1 amide bonds. The first-order valence-corrected chi connectivity index (χ1v) is 13.1. The summed E-state index contributed by atoms with van der Waals surface area (Å²) >= 11 is 6.42. The summed E-state index contributed by atoms with van der Waals surface area (Å²) in [6.45, 7) is 1.51. The molecule has 1 fully saturated rings. The number of hydrogen-bond acceptors (Lipinski definition) is 4. The van der Waals surface area contributed by atoms with E-state index >= 15 is 0 Å². The number of piperazine rings is 1. The second-order valence-electron chi connectivity index (χ2n) is 9.49. The quantitative estimate of drug-likeness (QED) is 0.245. The average molecular weight is 562 g/mol. The van der Waals surface area contributed by atoms with Gasteiger partial charge in [0.15, 0.2) is 5.65 Å². The van der Waals surface area contributed by atoms with E-state index in [1.165, 1.54) is 6.07 Å². The number of carbonyl (C=O) groups excluding carboxylic acids is 1. The third kappa shape index (κ3) is 4.88. The van der Waals surface area contributed by atoms with Crippen molar-refractivity contribution in [2.24, 2.45) is 0 Å². The van der Waals surface area contributed by atoms with Crippen molar-refractivity contribution in [3.8, 4) is 22.5 Å². The van der Waals surface area contributed by atoms with E-state index < -0.39 is 11.7 Å². The Morgan fingerprint density at radius 3 is 2.30 bits per heavy atom. The zero-order valence-electron chi connectivity index (χ0n) is 21.1. The number of anilines is 1. The van der Waals surface area contributed by atoms with Crippen LogP contribution in [0.25, 0.3) is 28.2 Å². The minimum absolute atomic E-state index is 0.216. The Kier molecular flexibility index (Phi) is 6.67. The molecule has 2 aromatic heterocycles. The first kappa shape index (κ1) is 25.9. The van der Waals surface area contributed by atoms with Gasteiger partial charge in [0.1, 0.15) is 0 Å². The SMILES string of the molecule is O=C(c1cnc2cc(-c3ccccc3Cl)nn2c1-c1ccccc1)N1CCN(c2cccc(C(F)(F)F)c2)CC1. The van der Waals surface area contributed by atoms with Crippen molar-refractivity contribution in [2.45, 2.75) is 6.18 Å². The fraction of sp³-hybridized carbons (Fsp3) is 0.167. The summed E-state index contributed by atoms with van der Waals surface area (Å²) in [6, 6.07) is 24.0. The maximum absolute atomic E-state index is 13.9. The van der Waals surface area contributed by atoms with Crippen LogP contribution in [0.3, 0.4) is 0 Å². The van der Waals surface area contributed by atoms with Gasteiger partial charge >= 0.3 is 6.18 Å². The van der Waals surface area contributed by atoms with E-state index in [2.05, 4.69) is 4.98 Å². The third-order valence-corrected chi connectivity index (χ3v) is 7.35. The molecule has 6 nitrogen and oxygen atoms in total. The molecule has 0 atom stereocenters. The van der Waals surface area contributed by atoms with Crippen LogP contribution in [-0.2, 0) is 6.18 Å². The van der Waals surface area contributed by atoms with Gasteiger partial charge in [0.2, 0.25) is 0 Å². The maximum Gasteiger partial charge on any atom is 0.416 e. The van der Waals surface area contributed by atoms with Crippen molar-refractivity contribution < 1.29 is 18.0 Å². The highest BCUT2D eigenvalue weighted by atomic mass is 35.5. The van der Waals surface area contributed by atoms with E-state index in [9.17, 15) is 18.0 Å². The molecule has 0 unspecified atom stereocenters. The average Bonchev–Trinajstić information content (AvgIpc) is 3.41. The van der Waals surface area contributed by atoms with Gasteiger partial charge in [-0.05, 0) is 24.3 Å². The van der Waals surface area contributed by atoms with Gasteiger partial charge in [-0.3, -0.25) is 4.79 Å². The molecule has 1 aliphatic heterocycles. The number of nitrogens with zero attached hydrogens (tertiary/aromatic N) is 5. The molecule has 202 valence electrons. The van der Waals surface area contributed by atoms with E-state index in [1.54, 1.807) is 27.7 Å². The van der Waals surface area contributed by atoms with Crippen molar-refractivity contribution in [3.05, 3.63) is 107 Å².